The Morgan fingerprint density at radius 3 is 2.95 bits per heavy atom. The van der Waals surface area contributed by atoms with Crippen molar-refractivity contribution in [3.8, 4) is 9.88 Å². The number of hydrogen-bond donors (Lipinski definition) is 2. The smallest absolute Gasteiger partial charge is 0.226 e. The summed E-state index contributed by atoms with van der Waals surface area (Å²) in [5, 5.41) is 7.78. The summed E-state index contributed by atoms with van der Waals surface area (Å²) in [6.07, 6.45) is 1.11. The van der Waals surface area contributed by atoms with E-state index < -0.39 is 0 Å². The summed E-state index contributed by atoms with van der Waals surface area (Å²) in [4.78, 5) is 17.4. The van der Waals surface area contributed by atoms with Gasteiger partial charge in [0.2, 0.25) is 5.91 Å². The SMILES string of the molecule is CC(N)CCNC(=O)Cc1csc(-c2cc(Br)cs2)n1. The molecule has 0 saturated carbocycles. The predicted molar refractivity (Wildman–Crippen MR) is 88.1 cm³/mol. The Morgan fingerprint density at radius 2 is 2.30 bits per heavy atom. The fourth-order valence-electron chi connectivity index (χ4n) is 1.59. The maximum atomic E-state index is 11.8. The van der Waals surface area contributed by atoms with Gasteiger partial charge < -0.3 is 11.1 Å². The second kappa shape index (κ2) is 7.31. The molecule has 4 nitrogen and oxygen atoms in total. The minimum Gasteiger partial charge on any atom is -0.356 e. The van der Waals surface area contributed by atoms with E-state index in [2.05, 4.69) is 26.2 Å². The molecule has 0 spiro atoms. The van der Waals surface area contributed by atoms with Gasteiger partial charge in [-0.3, -0.25) is 4.79 Å². The zero-order valence-corrected chi connectivity index (χ0v) is 14.3. The molecule has 2 heterocycles. The van der Waals surface area contributed by atoms with Gasteiger partial charge in [-0.05, 0) is 35.3 Å². The van der Waals surface area contributed by atoms with E-state index in [1.807, 2.05) is 23.8 Å². The molecule has 108 valence electrons. The van der Waals surface area contributed by atoms with Gasteiger partial charge in [0.25, 0.3) is 0 Å². The van der Waals surface area contributed by atoms with Gasteiger partial charge in [-0.15, -0.1) is 22.7 Å². The molecule has 0 aliphatic rings. The largest absolute Gasteiger partial charge is 0.356 e. The average Bonchev–Trinajstić information content (AvgIpc) is 2.97. The van der Waals surface area contributed by atoms with Gasteiger partial charge in [0.05, 0.1) is 17.0 Å². The van der Waals surface area contributed by atoms with Crippen LogP contribution >= 0.6 is 38.6 Å². The Balaban J connectivity index is 1.88. The number of thiophene rings is 1. The number of nitrogens with one attached hydrogen (secondary N) is 1. The first-order valence-corrected chi connectivity index (χ1v) is 8.81. The lowest BCUT2D eigenvalue weighted by atomic mass is 10.2. The molecule has 1 atom stereocenters. The standard InChI is InChI=1S/C13H16BrN3OS2/c1-8(15)2-3-16-12(18)5-10-7-20-13(17-10)11-4-9(14)6-19-11/h4,6-8H,2-3,5,15H2,1H3,(H,16,18). The van der Waals surface area contributed by atoms with Crippen molar-refractivity contribution in [3.63, 3.8) is 0 Å². The number of halogens is 1. The van der Waals surface area contributed by atoms with E-state index in [1.165, 1.54) is 0 Å². The minimum atomic E-state index is -0.00476. The summed E-state index contributed by atoms with van der Waals surface area (Å²) in [5.41, 5.74) is 6.45. The van der Waals surface area contributed by atoms with Crippen LogP contribution in [0.25, 0.3) is 9.88 Å². The molecule has 0 bridgehead atoms. The highest BCUT2D eigenvalue weighted by Gasteiger charge is 2.10. The van der Waals surface area contributed by atoms with Crippen LogP contribution in [0.5, 0.6) is 0 Å². The lowest BCUT2D eigenvalue weighted by Gasteiger charge is -2.06. The van der Waals surface area contributed by atoms with Crippen molar-refractivity contribution in [1.82, 2.24) is 10.3 Å². The number of thiazole rings is 1. The summed E-state index contributed by atoms with van der Waals surface area (Å²) >= 11 is 6.63. The van der Waals surface area contributed by atoms with Crippen LogP contribution in [-0.4, -0.2) is 23.5 Å². The van der Waals surface area contributed by atoms with Crippen LogP contribution in [0.15, 0.2) is 21.3 Å². The van der Waals surface area contributed by atoms with Crippen LogP contribution in [0.4, 0.5) is 0 Å². The third-order valence-electron chi connectivity index (χ3n) is 2.59. The molecule has 2 aromatic rings. The Kier molecular flexibility index (Phi) is 5.71. The Labute approximate surface area is 134 Å². The van der Waals surface area contributed by atoms with Crippen LogP contribution in [-0.2, 0) is 11.2 Å². The van der Waals surface area contributed by atoms with Crippen LogP contribution < -0.4 is 11.1 Å². The van der Waals surface area contributed by atoms with Crippen LogP contribution in [0.1, 0.15) is 19.0 Å². The van der Waals surface area contributed by atoms with E-state index in [-0.39, 0.29) is 11.9 Å². The first-order chi connectivity index (χ1) is 9.54. The van der Waals surface area contributed by atoms with E-state index in [0.717, 1.165) is 26.5 Å². The monoisotopic (exact) mass is 373 g/mol. The van der Waals surface area contributed by atoms with E-state index in [1.54, 1.807) is 22.7 Å². The summed E-state index contributed by atoms with van der Waals surface area (Å²) in [6, 6.07) is 2.15. The molecule has 3 N–H and O–H groups in total. The molecule has 1 amide bonds. The molecule has 0 saturated heterocycles. The maximum Gasteiger partial charge on any atom is 0.226 e. The highest BCUT2D eigenvalue weighted by atomic mass is 79.9. The molecule has 0 aliphatic carbocycles. The third kappa shape index (κ3) is 4.66. The number of amides is 1. The van der Waals surface area contributed by atoms with Gasteiger partial charge in [0, 0.05) is 27.8 Å². The highest BCUT2D eigenvalue weighted by Crippen LogP contribution is 2.31. The Bertz CT molecular complexity index is 580. The molecule has 0 fully saturated rings. The molecular weight excluding hydrogens is 358 g/mol. The fraction of sp³-hybridized carbons (Fsp3) is 0.385. The van der Waals surface area contributed by atoms with E-state index in [4.69, 9.17) is 5.73 Å². The molecule has 7 heteroatoms. The van der Waals surface area contributed by atoms with Crippen molar-refractivity contribution in [2.75, 3.05) is 6.54 Å². The van der Waals surface area contributed by atoms with Crippen molar-refractivity contribution >= 4 is 44.5 Å². The second-order valence-electron chi connectivity index (χ2n) is 4.57. The van der Waals surface area contributed by atoms with E-state index >= 15 is 0 Å². The molecule has 1 unspecified atom stereocenters. The summed E-state index contributed by atoms with van der Waals surface area (Å²) in [5.74, 6) is -0.00476. The molecule has 0 aliphatic heterocycles. The summed E-state index contributed by atoms with van der Waals surface area (Å²) in [6.45, 7) is 2.55. The molecule has 2 aromatic heterocycles. The van der Waals surface area contributed by atoms with Gasteiger partial charge in [-0.2, -0.15) is 0 Å². The molecule has 2 rings (SSSR count). The van der Waals surface area contributed by atoms with E-state index in [9.17, 15) is 4.79 Å². The Morgan fingerprint density at radius 1 is 1.50 bits per heavy atom. The van der Waals surface area contributed by atoms with E-state index in [0.29, 0.717) is 13.0 Å². The molecular formula is C13H16BrN3OS2. The van der Waals surface area contributed by atoms with Crippen molar-refractivity contribution in [3.05, 3.63) is 27.0 Å². The quantitative estimate of drug-likeness (QED) is 0.817. The van der Waals surface area contributed by atoms with Gasteiger partial charge >= 0.3 is 0 Å². The zero-order chi connectivity index (χ0) is 14.5. The summed E-state index contributed by atoms with van der Waals surface area (Å²) in [7, 11) is 0. The maximum absolute atomic E-state index is 11.8. The number of carbonyl (C=O) groups is 1. The lowest BCUT2D eigenvalue weighted by molar-refractivity contribution is -0.120. The first kappa shape index (κ1) is 15.6. The van der Waals surface area contributed by atoms with Crippen LogP contribution in [0, 0.1) is 0 Å². The normalized spacial score (nSPS) is 12.3. The van der Waals surface area contributed by atoms with Crippen LogP contribution in [0.2, 0.25) is 0 Å². The van der Waals surface area contributed by atoms with Gasteiger partial charge in [-0.25, -0.2) is 4.98 Å². The number of hydrogen-bond acceptors (Lipinski definition) is 5. The number of aromatic nitrogens is 1. The van der Waals surface area contributed by atoms with Crippen molar-refractivity contribution in [2.45, 2.75) is 25.8 Å². The fourth-order valence-corrected chi connectivity index (χ4v) is 3.92. The van der Waals surface area contributed by atoms with Gasteiger partial charge in [0.1, 0.15) is 5.01 Å². The zero-order valence-electron chi connectivity index (χ0n) is 11.1. The first-order valence-electron chi connectivity index (χ1n) is 6.25. The minimum absolute atomic E-state index is 0.00476. The number of rotatable bonds is 6. The molecule has 20 heavy (non-hydrogen) atoms. The van der Waals surface area contributed by atoms with Gasteiger partial charge in [0.15, 0.2) is 0 Å². The lowest BCUT2D eigenvalue weighted by Crippen LogP contribution is -2.30. The molecule has 0 radical (unpaired) electrons. The predicted octanol–water partition coefficient (Wildman–Crippen LogP) is 3.03. The van der Waals surface area contributed by atoms with Crippen molar-refractivity contribution in [1.29, 1.82) is 0 Å². The van der Waals surface area contributed by atoms with Crippen molar-refractivity contribution in [2.24, 2.45) is 5.73 Å². The van der Waals surface area contributed by atoms with Gasteiger partial charge in [-0.1, -0.05) is 0 Å². The Hall–Kier alpha value is -0.760. The van der Waals surface area contributed by atoms with Crippen molar-refractivity contribution < 1.29 is 4.79 Å². The second-order valence-corrected chi connectivity index (χ2v) is 7.25. The third-order valence-corrected chi connectivity index (χ3v) is 5.34. The molecule has 0 aromatic carbocycles. The summed E-state index contributed by atoms with van der Waals surface area (Å²) < 4.78 is 1.06. The number of nitrogens with zero attached hydrogens (tertiary/aromatic N) is 1. The number of carbonyl (C=O) groups excluding carboxylic acids is 1. The average molecular weight is 374 g/mol. The number of nitrogens with two attached hydrogens (primary N) is 1. The van der Waals surface area contributed by atoms with Crippen LogP contribution in [0.3, 0.4) is 0 Å². The topological polar surface area (TPSA) is 68.0 Å². The highest BCUT2D eigenvalue weighted by molar-refractivity contribution is 9.10.